The highest BCUT2D eigenvalue weighted by Crippen LogP contribution is 2.25. The summed E-state index contributed by atoms with van der Waals surface area (Å²) < 4.78 is 5.19. The van der Waals surface area contributed by atoms with E-state index >= 15 is 0 Å². The number of carbonyl (C=O) groups excluding carboxylic acids is 2. The fraction of sp³-hybridized carbons (Fsp3) is 0.278. The van der Waals surface area contributed by atoms with E-state index in [1.807, 2.05) is 6.92 Å². The Morgan fingerprint density at radius 1 is 1.31 bits per heavy atom. The van der Waals surface area contributed by atoms with Crippen molar-refractivity contribution in [2.75, 3.05) is 37.0 Å². The van der Waals surface area contributed by atoms with Crippen LogP contribution in [0.2, 0.25) is 5.02 Å². The minimum absolute atomic E-state index is 0.0531. The highest BCUT2D eigenvalue weighted by atomic mass is 35.5. The van der Waals surface area contributed by atoms with E-state index in [2.05, 4.69) is 10.3 Å². The van der Waals surface area contributed by atoms with E-state index in [9.17, 15) is 9.59 Å². The van der Waals surface area contributed by atoms with E-state index in [4.69, 9.17) is 16.3 Å². The molecule has 1 aromatic carbocycles. The van der Waals surface area contributed by atoms with Crippen molar-refractivity contribution in [1.29, 1.82) is 0 Å². The Morgan fingerprint density at radius 2 is 2.12 bits per heavy atom. The molecule has 7 nitrogen and oxygen atoms in total. The average Bonchev–Trinajstić information content (AvgIpc) is 3.02. The number of anilines is 2. The molecule has 2 heterocycles. The first kappa shape index (κ1) is 18.0. The lowest BCUT2D eigenvalue weighted by Crippen LogP contribution is -2.32. The molecule has 26 heavy (non-hydrogen) atoms. The van der Waals surface area contributed by atoms with Gasteiger partial charge in [-0.3, -0.25) is 9.69 Å². The summed E-state index contributed by atoms with van der Waals surface area (Å²) in [7, 11) is 1.48. The van der Waals surface area contributed by atoms with Crippen LogP contribution in [-0.2, 0) is 0 Å². The number of aromatic nitrogens is 1. The molecule has 0 radical (unpaired) electrons. The molecule has 1 fully saturated rings. The summed E-state index contributed by atoms with van der Waals surface area (Å²) in [5.74, 6) is 0.623. The molecule has 0 aliphatic carbocycles. The molecule has 1 aliphatic heterocycles. The van der Waals surface area contributed by atoms with Gasteiger partial charge in [0, 0.05) is 24.7 Å². The number of nitrogens with one attached hydrogen (secondary N) is 1. The highest BCUT2D eigenvalue weighted by molar-refractivity contribution is 6.31. The van der Waals surface area contributed by atoms with Gasteiger partial charge in [0.05, 0.1) is 24.6 Å². The summed E-state index contributed by atoms with van der Waals surface area (Å²) in [5, 5.41) is 3.25. The lowest BCUT2D eigenvalue weighted by molar-refractivity contribution is 0.102. The molecular formula is C18H19ClN4O3. The second-order valence-electron chi connectivity index (χ2n) is 5.72. The van der Waals surface area contributed by atoms with Crippen molar-refractivity contribution in [2.24, 2.45) is 0 Å². The molecule has 1 aliphatic rings. The average molecular weight is 375 g/mol. The molecule has 2 aromatic rings. The maximum atomic E-state index is 12.4. The summed E-state index contributed by atoms with van der Waals surface area (Å²) in [6.07, 6.45) is 1.53. The van der Waals surface area contributed by atoms with Crippen molar-refractivity contribution in [1.82, 2.24) is 9.88 Å². The Bertz CT molecular complexity index is 826. The van der Waals surface area contributed by atoms with Crippen LogP contribution in [0.25, 0.3) is 0 Å². The molecule has 0 unspecified atom stereocenters. The van der Waals surface area contributed by atoms with Crippen LogP contribution in [0, 0.1) is 0 Å². The third kappa shape index (κ3) is 3.57. The molecule has 0 spiro atoms. The van der Waals surface area contributed by atoms with Gasteiger partial charge < -0.3 is 15.0 Å². The van der Waals surface area contributed by atoms with Gasteiger partial charge in [0.15, 0.2) is 0 Å². The predicted octanol–water partition coefficient (Wildman–Crippen LogP) is 3.26. The summed E-state index contributed by atoms with van der Waals surface area (Å²) >= 11 is 5.92. The Kier molecular flexibility index (Phi) is 5.27. The largest absolute Gasteiger partial charge is 0.496 e. The van der Waals surface area contributed by atoms with Crippen molar-refractivity contribution in [3.63, 3.8) is 0 Å². The molecule has 3 rings (SSSR count). The van der Waals surface area contributed by atoms with E-state index in [-0.39, 0.29) is 11.9 Å². The Morgan fingerprint density at radius 3 is 2.73 bits per heavy atom. The first-order valence-corrected chi connectivity index (χ1v) is 8.58. The van der Waals surface area contributed by atoms with Crippen molar-refractivity contribution in [3.05, 3.63) is 47.1 Å². The highest BCUT2D eigenvalue weighted by Gasteiger charge is 2.28. The van der Waals surface area contributed by atoms with E-state index in [1.165, 1.54) is 13.3 Å². The number of methoxy groups -OCH3 is 1. The van der Waals surface area contributed by atoms with Crippen LogP contribution in [0.4, 0.5) is 16.3 Å². The first-order chi connectivity index (χ1) is 12.5. The number of nitrogens with zero attached hydrogens (tertiary/aromatic N) is 3. The van der Waals surface area contributed by atoms with Gasteiger partial charge in [0.25, 0.3) is 5.91 Å². The zero-order valence-electron chi connectivity index (χ0n) is 14.5. The second-order valence-corrected chi connectivity index (χ2v) is 6.15. The normalized spacial score (nSPS) is 13.9. The van der Waals surface area contributed by atoms with Crippen molar-refractivity contribution >= 4 is 35.0 Å². The minimum Gasteiger partial charge on any atom is -0.496 e. The van der Waals surface area contributed by atoms with Crippen LogP contribution in [-0.4, -0.2) is 48.6 Å². The summed E-state index contributed by atoms with van der Waals surface area (Å²) in [5.41, 5.74) is 0.893. The number of hydrogen-bond donors (Lipinski definition) is 1. The van der Waals surface area contributed by atoms with Crippen LogP contribution in [0.5, 0.6) is 5.75 Å². The third-order valence-corrected chi connectivity index (χ3v) is 4.40. The van der Waals surface area contributed by atoms with E-state index < -0.39 is 0 Å². The summed E-state index contributed by atoms with van der Waals surface area (Å²) in [6, 6.07) is 8.18. The van der Waals surface area contributed by atoms with E-state index in [0.717, 1.165) is 0 Å². The SMILES string of the molecule is CCN1CCN(c2ccc(NC(=O)c3ccc(Cl)cc3OC)cn2)C1=O. The monoisotopic (exact) mass is 374 g/mol. The van der Waals surface area contributed by atoms with Crippen LogP contribution in [0.15, 0.2) is 36.5 Å². The van der Waals surface area contributed by atoms with Gasteiger partial charge in [-0.25, -0.2) is 9.78 Å². The molecule has 1 N–H and O–H groups in total. The quantitative estimate of drug-likeness (QED) is 0.871. The molecule has 3 amide bonds. The summed E-state index contributed by atoms with van der Waals surface area (Å²) in [6.45, 7) is 3.91. The number of carbonyl (C=O) groups is 2. The van der Waals surface area contributed by atoms with E-state index in [0.29, 0.717) is 47.5 Å². The standard InChI is InChI=1S/C18H19ClN4O3/c1-3-22-8-9-23(18(22)25)16-7-5-13(11-20-16)21-17(24)14-6-4-12(19)10-15(14)26-2/h4-7,10-11H,3,8-9H2,1-2H3,(H,21,24). The number of ether oxygens (including phenoxy) is 1. The van der Waals surface area contributed by atoms with Crippen LogP contribution in [0.1, 0.15) is 17.3 Å². The van der Waals surface area contributed by atoms with Gasteiger partial charge in [-0.15, -0.1) is 0 Å². The first-order valence-electron chi connectivity index (χ1n) is 8.21. The number of benzene rings is 1. The van der Waals surface area contributed by atoms with Crippen molar-refractivity contribution in [3.8, 4) is 5.75 Å². The third-order valence-electron chi connectivity index (χ3n) is 4.17. The second kappa shape index (κ2) is 7.61. The van der Waals surface area contributed by atoms with Crippen molar-refractivity contribution in [2.45, 2.75) is 6.92 Å². The molecule has 0 atom stereocenters. The van der Waals surface area contributed by atoms with Gasteiger partial charge in [-0.1, -0.05) is 11.6 Å². The Labute approximate surface area is 156 Å². The molecule has 1 saturated heterocycles. The predicted molar refractivity (Wildman–Crippen MR) is 100 cm³/mol. The number of urea groups is 1. The van der Waals surface area contributed by atoms with Gasteiger partial charge in [0.1, 0.15) is 11.6 Å². The maximum Gasteiger partial charge on any atom is 0.325 e. The maximum absolute atomic E-state index is 12.4. The molecule has 0 saturated carbocycles. The zero-order chi connectivity index (χ0) is 18.7. The number of amides is 3. The molecule has 1 aromatic heterocycles. The molecular weight excluding hydrogens is 356 g/mol. The minimum atomic E-state index is -0.331. The molecule has 136 valence electrons. The van der Waals surface area contributed by atoms with Gasteiger partial charge in [-0.2, -0.15) is 0 Å². The Balaban J connectivity index is 1.72. The summed E-state index contributed by atoms with van der Waals surface area (Å²) in [4.78, 5) is 32.3. The molecule has 0 bridgehead atoms. The van der Waals surface area contributed by atoms with Crippen LogP contribution in [0.3, 0.4) is 0 Å². The smallest absolute Gasteiger partial charge is 0.325 e. The fourth-order valence-corrected chi connectivity index (χ4v) is 2.92. The topological polar surface area (TPSA) is 74.8 Å². The van der Waals surface area contributed by atoms with Crippen LogP contribution < -0.4 is 15.0 Å². The zero-order valence-corrected chi connectivity index (χ0v) is 15.3. The lowest BCUT2D eigenvalue weighted by Gasteiger charge is -2.16. The van der Waals surface area contributed by atoms with Gasteiger partial charge in [0.2, 0.25) is 0 Å². The number of likely N-dealkylation sites (N-methyl/N-ethyl adjacent to an activating group) is 1. The van der Waals surface area contributed by atoms with E-state index in [1.54, 1.807) is 40.1 Å². The number of hydrogen-bond acceptors (Lipinski definition) is 4. The van der Waals surface area contributed by atoms with Gasteiger partial charge >= 0.3 is 6.03 Å². The fourth-order valence-electron chi connectivity index (χ4n) is 2.76. The number of pyridine rings is 1. The Hall–Kier alpha value is -2.80. The van der Waals surface area contributed by atoms with Crippen LogP contribution >= 0.6 is 11.6 Å². The number of halogens is 1. The van der Waals surface area contributed by atoms with Gasteiger partial charge in [-0.05, 0) is 37.3 Å². The number of rotatable bonds is 5. The van der Waals surface area contributed by atoms with Crippen molar-refractivity contribution < 1.29 is 14.3 Å². The molecule has 8 heteroatoms. The lowest BCUT2D eigenvalue weighted by atomic mass is 10.2.